The first kappa shape index (κ1) is 16.1. The Kier molecular flexibility index (Phi) is 6.81. The summed E-state index contributed by atoms with van der Waals surface area (Å²) in [7, 11) is 1.72. The molecular weight excluding hydrogens is 258 g/mol. The Bertz CT molecular complexity index is 435. The van der Waals surface area contributed by atoms with Crippen LogP contribution in [-0.4, -0.2) is 19.7 Å². The van der Waals surface area contributed by atoms with Gasteiger partial charge in [0.1, 0.15) is 5.75 Å². The highest BCUT2D eigenvalue weighted by atomic mass is 16.5. The van der Waals surface area contributed by atoms with Crippen LogP contribution in [0.1, 0.15) is 51.0 Å². The molecule has 0 aliphatic heterocycles. The van der Waals surface area contributed by atoms with Gasteiger partial charge in [0.05, 0.1) is 19.7 Å². The van der Waals surface area contributed by atoms with E-state index >= 15 is 0 Å². The normalized spacial score (nSPS) is 16.4. The van der Waals surface area contributed by atoms with Crippen LogP contribution in [-0.2, 0) is 6.42 Å². The zero-order chi connectivity index (χ0) is 14.9. The second-order valence-electron chi connectivity index (χ2n) is 6.25. The molecule has 0 saturated carbocycles. The van der Waals surface area contributed by atoms with E-state index in [1.165, 1.54) is 50.6 Å². The standard InChI is InChI=1S/C19H29NO/c1-16(20-15-14-17-6-4-3-5-7-17)8-9-18-10-12-19(21-2)13-11-18/h6,10-13,16,20H,3-5,7-9,14-15H2,1-2H3/p+1/t16-/m0/s1. The molecule has 1 aliphatic rings. The van der Waals surface area contributed by atoms with Crippen LogP contribution in [0, 0.1) is 0 Å². The molecule has 0 radical (unpaired) electrons. The maximum atomic E-state index is 5.19. The lowest BCUT2D eigenvalue weighted by Crippen LogP contribution is -2.89. The van der Waals surface area contributed by atoms with E-state index in [1.807, 2.05) is 0 Å². The van der Waals surface area contributed by atoms with E-state index < -0.39 is 0 Å². The van der Waals surface area contributed by atoms with Gasteiger partial charge < -0.3 is 10.1 Å². The van der Waals surface area contributed by atoms with E-state index in [4.69, 9.17) is 4.74 Å². The molecule has 116 valence electrons. The van der Waals surface area contributed by atoms with Gasteiger partial charge in [-0.25, -0.2) is 0 Å². The van der Waals surface area contributed by atoms with Crippen molar-refractivity contribution >= 4 is 0 Å². The molecule has 1 aliphatic carbocycles. The summed E-state index contributed by atoms with van der Waals surface area (Å²) in [6, 6.07) is 9.17. The van der Waals surface area contributed by atoms with Gasteiger partial charge in [-0.3, -0.25) is 0 Å². The molecule has 1 atom stereocenters. The first-order valence-corrected chi connectivity index (χ1v) is 8.42. The number of benzene rings is 1. The van der Waals surface area contributed by atoms with Gasteiger partial charge in [0, 0.05) is 12.8 Å². The second-order valence-corrected chi connectivity index (χ2v) is 6.25. The molecule has 21 heavy (non-hydrogen) atoms. The van der Waals surface area contributed by atoms with E-state index in [1.54, 1.807) is 12.7 Å². The Balaban J connectivity index is 1.62. The minimum atomic E-state index is 0.705. The van der Waals surface area contributed by atoms with Gasteiger partial charge in [0.2, 0.25) is 0 Å². The molecule has 1 aromatic rings. The number of methoxy groups -OCH3 is 1. The summed E-state index contributed by atoms with van der Waals surface area (Å²) in [6.07, 6.45) is 11.6. The summed E-state index contributed by atoms with van der Waals surface area (Å²) in [5.74, 6) is 0.944. The molecule has 1 aromatic carbocycles. The molecule has 0 bridgehead atoms. The van der Waals surface area contributed by atoms with Gasteiger partial charge in [0.15, 0.2) is 0 Å². The van der Waals surface area contributed by atoms with Crippen molar-refractivity contribution in [2.75, 3.05) is 13.7 Å². The third-order valence-corrected chi connectivity index (χ3v) is 4.47. The number of allylic oxidation sites excluding steroid dienone is 1. The zero-order valence-electron chi connectivity index (χ0n) is 13.6. The first-order valence-electron chi connectivity index (χ1n) is 8.42. The summed E-state index contributed by atoms with van der Waals surface area (Å²) in [4.78, 5) is 0. The van der Waals surface area contributed by atoms with Gasteiger partial charge in [-0.15, -0.1) is 0 Å². The van der Waals surface area contributed by atoms with Crippen molar-refractivity contribution in [3.8, 4) is 5.75 Å². The number of aryl methyl sites for hydroxylation is 1. The van der Waals surface area contributed by atoms with Gasteiger partial charge in [-0.1, -0.05) is 23.8 Å². The van der Waals surface area contributed by atoms with E-state index in [-0.39, 0.29) is 0 Å². The predicted molar refractivity (Wildman–Crippen MR) is 88.7 cm³/mol. The van der Waals surface area contributed by atoms with Crippen LogP contribution < -0.4 is 10.1 Å². The van der Waals surface area contributed by atoms with Gasteiger partial charge in [-0.05, 0) is 56.7 Å². The number of ether oxygens (including phenoxy) is 1. The van der Waals surface area contributed by atoms with E-state index in [0.717, 1.165) is 12.2 Å². The molecular formula is C19H30NO+. The third kappa shape index (κ3) is 5.92. The minimum absolute atomic E-state index is 0.705. The molecule has 2 rings (SSSR count). The molecule has 0 fully saturated rings. The molecule has 0 unspecified atom stereocenters. The highest BCUT2D eigenvalue weighted by molar-refractivity contribution is 5.27. The first-order chi connectivity index (χ1) is 10.3. The number of hydrogen-bond acceptors (Lipinski definition) is 1. The monoisotopic (exact) mass is 288 g/mol. The second kappa shape index (κ2) is 8.89. The molecule has 0 spiro atoms. The van der Waals surface area contributed by atoms with Crippen molar-refractivity contribution in [3.63, 3.8) is 0 Å². The van der Waals surface area contributed by atoms with Crippen molar-refractivity contribution in [3.05, 3.63) is 41.5 Å². The number of nitrogens with two attached hydrogens (primary N) is 1. The molecule has 2 nitrogen and oxygen atoms in total. The minimum Gasteiger partial charge on any atom is -0.497 e. The van der Waals surface area contributed by atoms with Crippen LogP contribution in [0.4, 0.5) is 0 Å². The molecule has 0 aromatic heterocycles. The number of rotatable bonds is 8. The van der Waals surface area contributed by atoms with E-state index in [2.05, 4.69) is 42.6 Å². The quantitative estimate of drug-likeness (QED) is 0.728. The zero-order valence-corrected chi connectivity index (χ0v) is 13.6. The molecule has 0 saturated heterocycles. The van der Waals surface area contributed by atoms with E-state index in [9.17, 15) is 0 Å². The smallest absolute Gasteiger partial charge is 0.118 e. The van der Waals surface area contributed by atoms with Crippen molar-refractivity contribution in [2.45, 2.75) is 57.9 Å². The van der Waals surface area contributed by atoms with Crippen LogP contribution in [0.15, 0.2) is 35.9 Å². The fourth-order valence-electron chi connectivity index (χ4n) is 2.99. The van der Waals surface area contributed by atoms with Gasteiger partial charge >= 0.3 is 0 Å². The van der Waals surface area contributed by atoms with Crippen molar-refractivity contribution in [1.29, 1.82) is 0 Å². The Morgan fingerprint density at radius 1 is 1.14 bits per heavy atom. The predicted octanol–water partition coefficient (Wildman–Crippen LogP) is 3.47. The SMILES string of the molecule is COc1ccc(CC[C@H](C)[NH2+]CCC2=CCCCC2)cc1. The van der Waals surface area contributed by atoms with Crippen molar-refractivity contribution < 1.29 is 10.1 Å². The average molecular weight is 288 g/mol. The fraction of sp³-hybridized carbons (Fsp3) is 0.579. The molecule has 0 heterocycles. The average Bonchev–Trinajstić information content (AvgIpc) is 2.54. The maximum Gasteiger partial charge on any atom is 0.118 e. The Labute approximate surface area is 129 Å². The Morgan fingerprint density at radius 2 is 1.95 bits per heavy atom. The van der Waals surface area contributed by atoms with Crippen molar-refractivity contribution in [1.82, 2.24) is 0 Å². The number of hydrogen-bond donors (Lipinski definition) is 1. The topological polar surface area (TPSA) is 25.8 Å². The summed E-state index contributed by atoms with van der Waals surface area (Å²) in [5, 5.41) is 2.51. The Hall–Kier alpha value is -1.28. The van der Waals surface area contributed by atoms with Crippen LogP contribution >= 0.6 is 0 Å². The largest absolute Gasteiger partial charge is 0.497 e. The van der Waals surface area contributed by atoms with E-state index in [0.29, 0.717) is 6.04 Å². The summed E-state index contributed by atoms with van der Waals surface area (Å²) >= 11 is 0. The van der Waals surface area contributed by atoms with Crippen LogP contribution in [0.2, 0.25) is 0 Å². The van der Waals surface area contributed by atoms with Crippen LogP contribution in [0.25, 0.3) is 0 Å². The number of quaternary nitrogens is 1. The molecule has 2 N–H and O–H groups in total. The summed E-state index contributed by atoms with van der Waals surface area (Å²) < 4.78 is 5.19. The highest BCUT2D eigenvalue weighted by Gasteiger charge is 2.08. The summed E-state index contributed by atoms with van der Waals surface area (Å²) in [5.41, 5.74) is 3.10. The third-order valence-electron chi connectivity index (χ3n) is 4.47. The summed E-state index contributed by atoms with van der Waals surface area (Å²) in [6.45, 7) is 3.59. The lowest BCUT2D eigenvalue weighted by atomic mass is 9.97. The van der Waals surface area contributed by atoms with Crippen LogP contribution in [0.5, 0.6) is 5.75 Å². The van der Waals surface area contributed by atoms with Gasteiger partial charge in [0.25, 0.3) is 0 Å². The fourth-order valence-corrected chi connectivity index (χ4v) is 2.99. The van der Waals surface area contributed by atoms with Crippen molar-refractivity contribution in [2.24, 2.45) is 0 Å². The lowest BCUT2D eigenvalue weighted by Gasteiger charge is -2.14. The maximum absolute atomic E-state index is 5.19. The Morgan fingerprint density at radius 3 is 2.62 bits per heavy atom. The molecule has 2 heteroatoms. The van der Waals surface area contributed by atoms with Gasteiger partial charge in [-0.2, -0.15) is 0 Å². The lowest BCUT2D eigenvalue weighted by molar-refractivity contribution is -0.686. The molecule has 0 amide bonds. The highest BCUT2D eigenvalue weighted by Crippen LogP contribution is 2.19. The van der Waals surface area contributed by atoms with Crippen LogP contribution in [0.3, 0.4) is 0 Å².